The minimum Gasteiger partial charge on any atom is -0.521 e. The van der Waals surface area contributed by atoms with Crippen molar-refractivity contribution in [2.24, 2.45) is 0 Å². The summed E-state index contributed by atoms with van der Waals surface area (Å²) in [5.74, 6) is 1.66. The fraction of sp³-hybridized carbons (Fsp3) is 0.0233. The third-order valence-corrected chi connectivity index (χ3v) is 9.99. The van der Waals surface area contributed by atoms with Crippen LogP contribution in [0.25, 0.3) is 22.3 Å². The fourth-order valence-electron chi connectivity index (χ4n) is 8.11. The van der Waals surface area contributed by atoms with Crippen LogP contribution in [0, 0.1) is 0 Å². The van der Waals surface area contributed by atoms with Crippen LogP contribution in [0.15, 0.2) is 170 Å². The predicted molar refractivity (Wildman–Crippen MR) is 191 cm³/mol. The van der Waals surface area contributed by atoms with Crippen LogP contribution >= 0.6 is 0 Å². The molecule has 0 fully saturated rings. The van der Waals surface area contributed by atoms with Crippen molar-refractivity contribution in [2.45, 2.75) is 5.41 Å². The Morgan fingerprint density at radius 3 is 1.36 bits per heavy atom. The molecule has 10 rings (SSSR count). The molecule has 0 amide bonds. The molecule has 0 atom stereocenters. The number of rotatable bonds is 3. The van der Waals surface area contributed by atoms with Gasteiger partial charge in [-0.05, 0) is 69.8 Å². The second-order valence-corrected chi connectivity index (χ2v) is 12.4. The molecule has 3 nitrogen and oxygen atoms in total. The lowest BCUT2D eigenvalue weighted by atomic mass is 9.62. The van der Waals surface area contributed by atoms with Crippen molar-refractivity contribution in [1.29, 1.82) is 0 Å². The molecule has 0 unspecified atom stereocenters. The van der Waals surface area contributed by atoms with Gasteiger partial charge in [-0.25, -0.2) is 0 Å². The molecular weight excluding hydrogens is 573 g/mol. The summed E-state index contributed by atoms with van der Waals surface area (Å²) in [6.45, 7) is 0. The zero-order valence-electron chi connectivity index (χ0n) is 25.5. The Morgan fingerprint density at radius 2 is 0.851 bits per heavy atom. The van der Waals surface area contributed by atoms with Crippen molar-refractivity contribution in [1.82, 2.24) is 0 Å². The molecule has 0 spiro atoms. The molecule has 0 bridgehead atoms. The molecule has 0 saturated heterocycles. The van der Waals surface area contributed by atoms with Crippen molar-refractivity contribution in [3.63, 3.8) is 0 Å². The minimum absolute atomic E-state index is 0.511. The van der Waals surface area contributed by atoms with Gasteiger partial charge in [0.05, 0.1) is 16.8 Å². The van der Waals surface area contributed by atoms with E-state index in [9.17, 15) is 0 Å². The SMILES string of the molecule is c1ccc(C2(c3ccccc3)c3ccccc3N(c3cc4c5c(c3)-c3ccccc3OB5Oc3ccccc3-4)c3ccccc32)cc1. The minimum atomic E-state index is -0.513. The second kappa shape index (κ2) is 10.0. The first kappa shape index (κ1) is 26.2. The number of fused-ring (bicyclic) bond motifs is 6. The highest BCUT2D eigenvalue weighted by atomic mass is 16.6. The normalized spacial score (nSPS) is 14.4. The third-order valence-electron chi connectivity index (χ3n) is 9.99. The summed E-state index contributed by atoms with van der Waals surface area (Å²) >= 11 is 0. The maximum Gasteiger partial charge on any atom is 0.633 e. The summed E-state index contributed by atoms with van der Waals surface area (Å²) in [5, 5.41) is 0. The van der Waals surface area contributed by atoms with Gasteiger partial charge in [-0.1, -0.05) is 133 Å². The largest absolute Gasteiger partial charge is 0.633 e. The number of nitrogens with zero attached hydrogens (tertiary/aromatic N) is 1. The van der Waals surface area contributed by atoms with Gasteiger partial charge >= 0.3 is 7.12 Å². The number of anilines is 3. The third kappa shape index (κ3) is 3.64. The van der Waals surface area contributed by atoms with Crippen molar-refractivity contribution < 1.29 is 9.31 Å². The lowest BCUT2D eigenvalue weighted by Gasteiger charge is -2.46. The van der Waals surface area contributed by atoms with E-state index in [-0.39, 0.29) is 0 Å². The Balaban J connectivity index is 1.30. The highest BCUT2D eigenvalue weighted by molar-refractivity contribution is 6.68. The molecular formula is C43H28BNO2. The molecule has 220 valence electrons. The standard InChI is InChI=1S/C43H28BNO2/c1-3-15-29(16-4-1)43(30-17-5-2-6-18-30)36-21-9-11-23-38(36)45(39-24-12-10-22-37(39)43)31-27-34-32-19-7-13-25-40(32)46-44-42(34)35(28-31)33-20-8-14-26-41(33)47-44/h1-28H. The average molecular weight is 602 g/mol. The Morgan fingerprint density at radius 1 is 0.426 bits per heavy atom. The summed E-state index contributed by atoms with van der Waals surface area (Å²) in [6.07, 6.45) is 0. The lowest BCUT2D eigenvalue weighted by molar-refractivity contribution is 0.436. The van der Waals surface area contributed by atoms with E-state index in [1.54, 1.807) is 0 Å². The smallest absolute Gasteiger partial charge is 0.521 e. The molecule has 7 aromatic rings. The highest BCUT2D eigenvalue weighted by Gasteiger charge is 2.47. The first-order valence-electron chi connectivity index (χ1n) is 16.1. The van der Waals surface area contributed by atoms with E-state index in [0.29, 0.717) is 0 Å². The van der Waals surface area contributed by atoms with Crippen molar-refractivity contribution in [3.8, 4) is 33.8 Å². The molecule has 7 aromatic carbocycles. The second-order valence-electron chi connectivity index (χ2n) is 12.4. The van der Waals surface area contributed by atoms with E-state index in [1.165, 1.54) is 22.3 Å². The van der Waals surface area contributed by atoms with Gasteiger partial charge in [0.2, 0.25) is 0 Å². The van der Waals surface area contributed by atoms with Crippen LogP contribution in [-0.2, 0) is 5.41 Å². The summed E-state index contributed by atoms with van der Waals surface area (Å²) in [6, 6.07) is 61.0. The van der Waals surface area contributed by atoms with Gasteiger partial charge in [-0.2, -0.15) is 0 Å². The van der Waals surface area contributed by atoms with Crippen LogP contribution in [0.4, 0.5) is 17.1 Å². The van der Waals surface area contributed by atoms with Gasteiger partial charge in [0.15, 0.2) is 0 Å². The molecule has 47 heavy (non-hydrogen) atoms. The van der Waals surface area contributed by atoms with Crippen LogP contribution < -0.4 is 19.7 Å². The molecule has 0 aliphatic carbocycles. The Bertz CT molecular complexity index is 2180. The van der Waals surface area contributed by atoms with E-state index in [2.05, 4.69) is 150 Å². The van der Waals surface area contributed by atoms with E-state index < -0.39 is 12.5 Å². The Hall–Kier alpha value is -6.00. The number of hydrogen-bond donors (Lipinski definition) is 0. The van der Waals surface area contributed by atoms with E-state index in [4.69, 9.17) is 9.31 Å². The maximum absolute atomic E-state index is 6.48. The Labute approximate surface area is 274 Å². The molecule has 3 aliphatic heterocycles. The highest BCUT2D eigenvalue weighted by Crippen LogP contribution is 2.58. The molecule has 0 N–H and O–H groups in total. The quantitative estimate of drug-likeness (QED) is 0.188. The van der Waals surface area contributed by atoms with Crippen LogP contribution in [0.5, 0.6) is 11.5 Å². The molecule has 3 heterocycles. The first-order chi connectivity index (χ1) is 23.3. The number of benzene rings is 7. The maximum atomic E-state index is 6.48. The monoisotopic (exact) mass is 601 g/mol. The fourth-order valence-corrected chi connectivity index (χ4v) is 8.11. The molecule has 0 aromatic heterocycles. The van der Waals surface area contributed by atoms with Crippen molar-refractivity contribution in [3.05, 3.63) is 192 Å². The Kier molecular flexibility index (Phi) is 5.59. The zero-order chi connectivity index (χ0) is 31.0. The molecule has 4 heteroatoms. The van der Waals surface area contributed by atoms with E-state index >= 15 is 0 Å². The average Bonchev–Trinajstić information content (AvgIpc) is 3.14. The summed E-state index contributed by atoms with van der Waals surface area (Å²) in [4.78, 5) is 2.46. The van der Waals surface area contributed by atoms with Gasteiger partial charge in [0.25, 0.3) is 0 Å². The lowest BCUT2D eigenvalue weighted by Crippen LogP contribution is -2.49. The van der Waals surface area contributed by atoms with Gasteiger partial charge in [0, 0.05) is 22.3 Å². The van der Waals surface area contributed by atoms with Crippen LogP contribution in [0.3, 0.4) is 0 Å². The van der Waals surface area contributed by atoms with Crippen LogP contribution in [0.1, 0.15) is 22.3 Å². The van der Waals surface area contributed by atoms with Crippen LogP contribution in [-0.4, -0.2) is 7.12 Å². The molecule has 0 saturated carbocycles. The van der Waals surface area contributed by atoms with Gasteiger partial charge in [-0.3, -0.25) is 0 Å². The topological polar surface area (TPSA) is 21.7 Å². The molecule has 3 aliphatic rings. The number of hydrogen-bond acceptors (Lipinski definition) is 3. The summed E-state index contributed by atoms with van der Waals surface area (Å²) < 4.78 is 13.0. The van der Waals surface area contributed by atoms with E-state index in [1.807, 2.05) is 24.3 Å². The predicted octanol–water partition coefficient (Wildman–Crippen LogP) is 9.67. The van der Waals surface area contributed by atoms with Gasteiger partial charge in [-0.15, -0.1) is 0 Å². The van der Waals surface area contributed by atoms with Crippen LogP contribution in [0.2, 0.25) is 0 Å². The summed E-state index contributed by atoms with van der Waals surface area (Å²) in [7, 11) is -0.511. The van der Waals surface area contributed by atoms with Gasteiger partial charge < -0.3 is 14.2 Å². The van der Waals surface area contributed by atoms with Crippen molar-refractivity contribution in [2.75, 3.05) is 4.90 Å². The van der Waals surface area contributed by atoms with Crippen molar-refractivity contribution >= 4 is 29.6 Å². The van der Waals surface area contributed by atoms with E-state index in [0.717, 1.165) is 56.3 Å². The van der Waals surface area contributed by atoms with Gasteiger partial charge in [0.1, 0.15) is 11.5 Å². The summed E-state index contributed by atoms with van der Waals surface area (Å²) in [5.41, 5.74) is 13.4. The number of para-hydroxylation sites is 4. The molecule has 0 radical (unpaired) electrons. The zero-order valence-corrected chi connectivity index (χ0v) is 25.5. The first-order valence-corrected chi connectivity index (χ1v) is 16.1.